The van der Waals surface area contributed by atoms with Crippen molar-refractivity contribution in [2.45, 2.75) is 51.2 Å². The summed E-state index contributed by atoms with van der Waals surface area (Å²) in [5.74, 6) is -0.366. The second-order valence-corrected chi connectivity index (χ2v) is 8.92. The molecule has 0 spiro atoms. The Hall–Kier alpha value is -4.42. The topological polar surface area (TPSA) is 157 Å². The Kier molecular flexibility index (Phi) is 4.72. The van der Waals surface area contributed by atoms with Crippen molar-refractivity contribution in [2.75, 3.05) is 5.32 Å². The molecule has 4 amide bonds. The Morgan fingerprint density at radius 3 is 2.71 bits per heavy atom. The van der Waals surface area contributed by atoms with Crippen LogP contribution in [-0.4, -0.2) is 64.3 Å². The third-order valence-electron chi connectivity index (χ3n) is 6.50. The second-order valence-electron chi connectivity index (χ2n) is 8.92. The van der Waals surface area contributed by atoms with Crippen LogP contribution >= 0.6 is 0 Å². The van der Waals surface area contributed by atoms with Crippen molar-refractivity contribution >= 4 is 29.6 Å². The number of benzene rings is 1. The molecule has 2 aliphatic heterocycles. The van der Waals surface area contributed by atoms with E-state index in [9.17, 15) is 19.2 Å². The maximum absolute atomic E-state index is 12.9. The Bertz CT molecular complexity index is 1400. The average molecular weight is 475 g/mol. The summed E-state index contributed by atoms with van der Waals surface area (Å²) in [6.45, 7) is 2.09. The van der Waals surface area contributed by atoms with E-state index in [1.807, 2.05) is 11.5 Å². The summed E-state index contributed by atoms with van der Waals surface area (Å²) in [6, 6.07) is 4.78. The molecule has 35 heavy (non-hydrogen) atoms. The molecule has 4 heterocycles. The number of nitrogens with zero attached hydrogens (tertiary/aromatic N) is 7. The fourth-order valence-electron chi connectivity index (χ4n) is 4.59. The van der Waals surface area contributed by atoms with Crippen LogP contribution in [0.2, 0.25) is 0 Å². The zero-order chi connectivity index (χ0) is 24.3. The first-order valence-electron chi connectivity index (χ1n) is 11.3. The van der Waals surface area contributed by atoms with Crippen LogP contribution in [0.25, 0.3) is 5.69 Å². The number of hydrogen-bond donors (Lipinski definition) is 2. The lowest BCUT2D eigenvalue weighted by Gasteiger charge is -2.29. The molecule has 178 valence electrons. The molecule has 1 unspecified atom stereocenters. The monoisotopic (exact) mass is 475 g/mol. The number of imide groups is 1. The molecular weight excluding hydrogens is 454 g/mol. The standard InChI is InChI=1S/C22H21N9O4/c1-11-25-27-22(31(11)13-2-3-13)24-19(33)16-10-30(28-26-16)14-4-5-15-12(8-14)9-29(21(15)35)17-6-7-18(32)23-20(17)34/h4-5,8,10,13,17H,2-3,6-7,9H2,1H3,(H,23,32,34)(H,24,27,33). The van der Waals surface area contributed by atoms with Crippen molar-refractivity contribution < 1.29 is 19.2 Å². The number of hydrogen-bond acceptors (Lipinski definition) is 8. The van der Waals surface area contributed by atoms with Gasteiger partial charge in [-0.15, -0.1) is 15.3 Å². The summed E-state index contributed by atoms with van der Waals surface area (Å²) in [7, 11) is 0. The van der Waals surface area contributed by atoms with Crippen LogP contribution in [0.1, 0.15) is 64.0 Å². The number of aryl methyl sites for hydroxylation is 1. The largest absolute Gasteiger partial charge is 0.322 e. The van der Waals surface area contributed by atoms with Crippen molar-refractivity contribution in [2.24, 2.45) is 0 Å². The number of aromatic nitrogens is 6. The highest BCUT2D eigenvalue weighted by Gasteiger charge is 2.39. The normalized spacial score (nSPS) is 19.6. The smallest absolute Gasteiger partial charge is 0.280 e. The third-order valence-corrected chi connectivity index (χ3v) is 6.50. The molecule has 13 heteroatoms. The number of anilines is 1. The van der Waals surface area contributed by atoms with E-state index in [-0.39, 0.29) is 30.5 Å². The molecular formula is C22H21N9O4. The Morgan fingerprint density at radius 1 is 1.11 bits per heavy atom. The minimum atomic E-state index is -0.681. The minimum absolute atomic E-state index is 0.106. The van der Waals surface area contributed by atoms with Gasteiger partial charge in [0.1, 0.15) is 11.9 Å². The van der Waals surface area contributed by atoms with Crippen molar-refractivity contribution in [3.05, 3.63) is 47.0 Å². The molecule has 2 fully saturated rings. The number of rotatable bonds is 5. The zero-order valence-electron chi connectivity index (χ0n) is 18.8. The molecule has 1 aromatic carbocycles. The summed E-state index contributed by atoms with van der Waals surface area (Å²) in [4.78, 5) is 50.8. The van der Waals surface area contributed by atoms with Crippen LogP contribution in [0, 0.1) is 6.92 Å². The van der Waals surface area contributed by atoms with Gasteiger partial charge in [0.25, 0.3) is 11.8 Å². The summed E-state index contributed by atoms with van der Waals surface area (Å²) in [5, 5.41) is 21.2. The van der Waals surface area contributed by atoms with E-state index < -0.39 is 17.9 Å². The fourth-order valence-corrected chi connectivity index (χ4v) is 4.59. The van der Waals surface area contributed by atoms with Gasteiger partial charge in [-0.1, -0.05) is 5.21 Å². The van der Waals surface area contributed by atoms with Gasteiger partial charge in [-0.2, -0.15) is 0 Å². The van der Waals surface area contributed by atoms with Gasteiger partial charge in [0.2, 0.25) is 17.8 Å². The average Bonchev–Trinajstić information content (AvgIpc) is 3.27. The summed E-state index contributed by atoms with van der Waals surface area (Å²) in [5.41, 5.74) is 1.94. The Labute approximate surface area is 198 Å². The highest BCUT2D eigenvalue weighted by atomic mass is 16.2. The van der Waals surface area contributed by atoms with E-state index in [1.54, 1.807) is 18.2 Å². The molecule has 2 N–H and O–H groups in total. The first kappa shape index (κ1) is 21.1. The minimum Gasteiger partial charge on any atom is -0.322 e. The lowest BCUT2D eigenvalue weighted by atomic mass is 10.0. The maximum Gasteiger partial charge on any atom is 0.280 e. The van der Waals surface area contributed by atoms with Gasteiger partial charge in [-0.05, 0) is 49.9 Å². The second kappa shape index (κ2) is 7.82. The number of nitrogens with one attached hydrogen (secondary N) is 2. The lowest BCUT2D eigenvalue weighted by molar-refractivity contribution is -0.136. The molecule has 3 aromatic rings. The molecule has 3 aliphatic rings. The molecule has 1 atom stereocenters. The predicted molar refractivity (Wildman–Crippen MR) is 118 cm³/mol. The number of fused-ring (bicyclic) bond motifs is 1. The van der Waals surface area contributed by atoms with E-state index in [0.29, 0.717) is 29.7 Å². The van der Waals surface area contributed by atoms with Crippen molar-refractivity contribution in [1.82, 2.24) is 40.0 Å². The number of amides is 4. The molecule has 1 aliphatic carbocycles. The summed E-state index contributed by atoms with van der Waals surface area (Å²) < 4.78 is 3.36. The van der Waals surface area contributed by atoms with Crippen LogP contribution < -0.4 is 10.6 Å². The van der Waals surface area contributed by atoms with Crippen LogP contribution in [0.5, 0.6) is 0 Å². The highest BCUT2D eigenvalue weighted by molar-refractivity contribution is 6.05. The molecule has 13 nitrogen and oxygen atoms in total. The van der Waals surface area contributed by atoms with E-state index in [4.69, 9.17) is 0 Å². The molecule has 6 rings (SSSR count). The molecule has 1 saturated heterocycles. The van der Waals surface area contributed by atoms with Gasteiger partial charge in [0, 0.05) is 24.6 Å². The third kappa shape index (κ3) is 3.64. The summed E-state index contributed by atoms with van der Waals surface area (Å²) in [6.07, 6.45) is 4.05. The highest BCUT2D eigenvalue weighted by Crippen LogP contribution is 2.37. The fraction of sp³-hybridized carbons (Fsp3) is 0.364. The maximum atomic E-state index is 12.9. The molecule has 1 saturated carbocycles. The van der Waals surface area contributed by atoms with Gasteiger partial charge < -0.3 is 4.90 Å². The zero-order valence-corrected chi connectivity index (χ0v) is 18.8. The first-order valence-corrected chi connectivity index (χ1v) is 11.3. The van der Waals surface area contributed by atoms with Crippen LogP contribution in [-0.2, 0) is 16.1 Å². The predicted octanol–water partition coefficient (Wildman–Crippen LogP) is 0.515. The van der Waals surface area contributed by atoms with Crippen LogP contribution in [0.4, 0.5) is 5.95 Å². The molecule has 0 bridgehead atoms. The van der Waals surface area contributed by atoms with Gasteiger partial charge in [0.15, 0.2) is 5.69 Å². The van der Waals surface area contributed by atoms with Crippen molar-refractivity contribution in [3.8, 4) is 5.69 Å². The quantitative estimate of drug-likeness (QED) is 0.506. The number of carbonyl (C=O) groups excluding carboxylic acids is 4. The van der Waals surface area contributed by atoms with E-state index >= 15 is 0 Å². The number of carbonyl (C=O) groups is 4. The molecule has 0 radical (unpaired) electrons. The SMILES string of the molecule is Cc1nnc(NC(=O)c2cn(-c3ccc4c(c3)CN(C3CCC(=O)NC3=O)C4=O)nn2)n1C1CC1. The summed E-state index contributed by atoms with van der Waals surface area (Å²) >= 11 is 0. The van der Waals surface area contributed by atoms with Gasteiger partial charge in [-0.25, -0.2) is 4.68 Å². The number of piperidine rings is 1. The Morgan fingerprint density at radius 2 is 1.94 bits per heavy atom. The van der Waals surface area contributed by atoms with Crippen LogP contribution in [0.15, 0.2) is 24.4 Å². The Balaban J connectivity index is 1.19. The molecule has 2 aromatic heterocycles. The van der Waals surface area contributed by atoms with Crippen molar-refractivity contribution in [3.63, 3.8) is 0 Å². The lowest BCUT2D eigenvalue weighted by Crippen LogP contribution is -2.52. The van der Waals surface area contributed by atoms with E-state index in [2.05, 4.69) is 31.1 Å². The van der Waals surface area contributed by atoms with Gasteiger partial charge >= 0.3 is 0 Å². The van der Waals surface area contributed by atoms with E-state index in [0.717, 1.165) is 24.2 Å². The van der Waals surface area contributed by atoms with Crippen LogP contribution in [0.3, 0.4) is 0 Å². The van der Waals surface area contributed by atoms with Crippen molar-refractivity contribution in [1.29, 1.82) is 0 Å². The van der Waals surface area contributed by atoms with E-state index in [1.165, 1.54) is 15.8 Å². The van der Waals surface area contributed by atoms with Gasteiger partial charge in [0.05, 0.1) is 11.9 Å². The first-order chi connectivity index (χ1) is 16.9. The van der Waals surface area contributed by atoms with Gasteiger partial charge in [-0.3, -0.25) is 34.4 Å².